The van der Waals surface area contributed by atoms with E-state index in [9.17, 15) is 9.59 Å². The lowest BCUT2D eigenvalue weighted by Crippen LogP contribution is -2.49. The third kappa shape index (κ3) is 5.55. The molecule has 2 amide bonds. The molecule has 0 fully saturated rings. The van der Waals surface area contributed by atoms with Gasteiger partial charge in [0.05, 0.1) is 19.2 Å². The van der Waals surface area contributed by atoms with E-state index in [1.54, 1.807) is 12.1 Å². The van der Waals surface area contributed by atoms with E-state index in [2.05, 4.69) is 10.9 Å². The van der Waals surface area contributed by atoms with Crippen molar-refractivity contribution in [3.05, 3.63) is 53.1 Å². The quantitative estimate of drug-likeness (QED) is 0.651. The number of nitrogens with zero attached hydrogens (tertiary/aromatic N) is 1. The molecule has 1 aliphatic rings. The summed E-state index contributed by atoms with van der Waals surface area (Å²) in [6.07, 6.45) is -0.196. The molecule has 0 bridgehead atoms. The molecule has 30 heavy (non-hydrogen) atoms. The van der Waals surface area contributed by atoms with Crippen LogP contribution in [0.4, 0.5) is 0 Å². The Bertz CT molecular complexity index is 908. The average molecular weight is 434 g/mol. The molecule has 160 valence electrons. The van der Waals surface area contributed by atoms with Crippen LogP contribution in [0.2, 0.25) is 5.02 Å². The lowest BCUT2D eigenvalue weighted by atomic mass is 10.2. The molecule has 0 unspecified atom stereocenters. The second kappa shape index (κ2) is 10.2. The van der Waals surface area contributed by atoms with Gasteiger partial charge < -0.3 is 14.2 Å². The summed E-state index contributed by atoms with van der Waals surface area (Å²) in [5.41, 5.74) is 5.03. The van der Waals surface area contributed by atoms with Crippen LogP contribution in [0.5, 0.6) is 17.2 Å². The zero-order valence-electron chi connectivity index (χ0n) is 16.8. The minimum absolute atomic E-state index is 0.0883. The van der Waals surface area contributed by atoms with E-state index in [0.29, 0.717) is 42.0 Å². The number of hydrogen-bond acceptors (Lipinski definition) is 6. The van der Waals surface area contributed by atoms with Gasteiger partial charge in [-0.2, -0.15) is 0 Å². The summed E-state index contributed by atoms with van der Waals surface area (Å²) in [6, 6.07) is 12.1. The van der Waals surface area contributed by atoms with E-state index in [1.807, 2.05) is 36.1 Å². The van der Waals surface area contributed by atoms with Crippen LogP contribution in [0.1, 0.15) is 17.3 Å². The Morgan fingerprint density at radius 3 is 2.70 bits per heavy atom. The lowest BCUT2D eigenvalue weighted by molar-refractivity contribution is -0.123. The number of ether oxygens (including phenoxy) is 3. The maximum atomic E-state index is 12.4. The van der Waals surface area contributed by atoms with Crippen molar-refractivity contribution in [1.82, 2.24) is 15.8 Å². The topological polar surface area (TPSA) is 89.1 Å². The molecular weight excluding hydrogens is 410 g/mol. The third-order valence-corrected chi connectivity index (χ3v) is 4.80. The fraction of sp³-hybridized carbons (Fsp3) is 0.333. The van der Waals surface area contributed by atoms with E-state index < -0.39 is 5.91 Å². The minimum Gasteiger partial charge on any atom is -0.496 e. The van der Waals surface area contributed by atoms with Crippen molar-refractivity contribution < 1.29 is 23.8 Å². The highest BCUT2D eigenvalue weighted by Crippen LogP contribution is 2.31. The Hall–Kier alpha value is -2.97. The highest BCUT2D eigenvalue weighted by atomic mass is 35.5. The van der Waals surface area contributed by atoms with E-state index in [0.717, 1.165) is 0 Å². The van der Waals surface area contributed by atoms with Crippen molar-refractivity contribution in [2.24, 2.45) is 0 Å². The first-order valence-corrected chi connectivity index (χ1v) is 9.91. The van der Waals surface area contributed by atoms with Crippen molar-refractivity contribution in [1.29, 1.82) is 0 Å². The summed E-state index contributed by atoms with van der Waals surface area (Å²) in [7, 11) is 1.45. The number of likely N-dealkylation sites (N-methyl/N-ethyl adjacent to an activating group) is 1. The van der Waals surface area contributed by atoms with E-state index >= 15 is 0 Å². The summed E-state index contributed by atoms with van der Waals surface area (Å²) in [5, 5.41) is 0.390. The first-order chi connectivity index (χ1) is 14.5. The molecule has 0 radical (unpaired) electrons. The molecule has 8 nitrogen and oxygen atoms in total. The second-order valence-electron chi connectivity index (χ2n) is 6.67. The number of carbonyl (C=O) groups excluding carboxylic acids is 2. The Labute approximate surface area is 180 Å². The molecule has 0 spiro atoms. The number of hydrazine groups is 1. The molecule has 1 aliphatic heterocycles. The van der Waals surface area contributed by atoms with Gasteiger partial charge in [0.1, 0.15) is 18.5 Å². The Morgan fingerprint density at radius 1 is 1.20 bits per heavy atom. The van der Waals surface area contributed by atoms with E-state index in [-0.39, 0.29) is 24.1 Å². The number of para-hydroxylation sites is 2. The molecule has 2 aromatic carbocycles. The molecule has 9 heteroatoms. The molecular formula is C21H24ClN3O5. The van der Waals surface area contributed by atoms with Crippen molar-refractivity contribution >= 4 is 23.4 Å². The van der Waals surface area contributed by atoms with Crippen LogP contribution in [-0.4, -0.2) is 56.2 Å². The molecule has 0 saturated carbocycles. The monoisotopic (exact) mass is 433 g/mol. The van der Waals surface area contributed by atoms with Crippen LogP contribution < -0.4 is 25.1 Å². The second-order valence-corrected chi connectivity index (χ2v) is 7.11. The van der Waals surface area contributed by atoms with Crippen LogP contribution in [-0.2, 0) is 4.79 Å². The molecule has 2 N–H and O–H groups in total. The molecule has 1 atom stereocenters. The Kier molecular flexibility index (Phi) is 7.37. The van der Waals surface area contributed by atoms with Crippen LogP contribution >= 0.6 is 11.6 Å². The van der Waals surface area contributed by atoms with E-state index in [1.165, 1.54) is 13.2 Å². The normalized spacial score (nSPS) is 14.9. The fourth-order valence-corrected chi connectivity index (χ4v) is 3.21. The third-order valence-electron chi connectivity index (χ3n) is 4.57. The number of methoxy groups -OCH3 is 1. The van der Waals surface area contributed by atoms with Crippen LogP contribution in [0, 0.1) is 0 Å². The van der Waals surface area contributed by atoms with Gasteiger partial charge in [0.2, 0.25) is 0 Å². The van der Waals surface area contributed by atoms with Crippen molar-refractivity contribution in [3.8, 4) is 17.2 Å². The van der Waals surface area contributed by atoms with Gasteiger partial charge in [0, 0.05) is 11.6 Å². The van der Waals surface area contributed by atoms with Crippen molar-refractivity contribution in [2.75, 3.05) is 33.4 Å². The number of benzene rings is 2. The maximum absolute atomic E-state index is 12.4. The first-order valence-electron chi connectivity index (χ1n) is 9.53. The average Bonchev–Trinajstić information content (AvgIpc) is 2.76. The predicted molar refractivity (Wildman–Crippen MR) is 112 cm³/mol. The number of rotatable bonds is 7. The highest BCUT2D eigenvalue weighted by Gasteiger charge is 2.23. The molecule has 3 rings (SSSR count). The van der Waals surface area contributed by atoms with Crippen LogP contribution in [0.3, 0.4) is 0 Å². The minimum atomic E-state index is -0.522. The summed E-state index contributed by atoms with van der Waals surface area (Å²) >= 11 is 5.94. The summed E-state index contributed by atoms with van der Waals surface area (Å²) in [5.74, 6) is 0.886. The predicted octanol–water partition coefficient (Wildman–Crippen LogP) is 2.27. The summed E-state index contributed by atoms with van der Waals surface area (Å²) in [4.78, 5) is 26.6. The Balaban J connectivity index is 1.50. The largest absolute Gasteiger partial charge is 0.496 e. The van der Waals surface area contributed by atoms with Crippen LogP contribution in [0.15, 0.2) is 42.5 Å². The van der Waals surface area contributed by atoms with Gasteiger partial charge in [-0.25, -0.2) is 0 Å². The van der Waals surface area contributed by atoms with Crippen molar-refractivity contribution in [3.63, 3.8) is 0 Å². The molecule has 0 aliphatic carbocycles. The van der Waals surface area contributed by atoms with E-state index in [4.69, 9.17) is 25.8 Å². The van der Waals surface area contributed by atoms with Gasteiger partial charge in [0.15, 0.2) is 11.5 Å². The SMILES string of the molecule is CCN(CC(=O)NNC(=O)c1cc(Cl)ccc1OC)C[C@H]1COc2ccccc2O1. The summed E-state index contributed by atoms with van der Waals surface area (Å²) < 4.78 is 16.8. The van der Waals surface area contributed by atoms with Gasteiger partial charge in [-0.1, -0.05) is 30.7 Å². The summed E-state index contributed by atoms with van der Waals surface area (Å²) in [6.45, 7) is 3.57. The lowest BCUT2D eigenvalue weighted by Gasteiger charge is -2.30. The van der Waals surface area contributed by atoms with Gasteiger partial charge in [-0.15, -0.1) is 0 Å². The highest BCUT2D eigenvalue weighted by molar-refractivity contribution is 6.31. The number of hydrogen-bond donors (Lipinski definition) is 2. The zero-order valence-corrected chi connectivity index (χ0v) is 17.6. The first kappa shape index (κ1) is 21.7. The molecule has 2 aromatic rings. The zero-order chi connectivity index (χ0) is 21.5. The van der Waals surface area contributed by atoms with Gasteiger partial charge in [0.25, 0.3) is 11.8 Å². The smallest absolute Gasteiger partial charge is 0.273 e. The number of fused-ring (bicyclic) bond motifs is 1. The molecule has 1 heterocycles. The maximum Gasteiger partial charge on any atom is 0.273 e. The number of carbonyl (C=O) groups is 2. The van der Waals surface area contributed by atoms with Gasteiger partial charge >= 0.3 is 0 Å². The Morgan fingerprint density at radius 2 is 1.97 bits per heavy atom. The molecule has 0 aromatic heterocycles. The van der Waals surface area contributed by atoms with Crippen molar-refractivity contribution in [2.45, 2.75) is 13.0 Å². The fourth-order valence-electron chi connectivity index (χ4n) is 3.04. The van der Waals surface area contributed by atoms with Gasteiger partial charge in [-0.05, 0) is 36.9 Å². The number of amides is 2. The standard InChI is InChI=1S/C21H24ClN3O5/c1-3-25(11-15-13-29-18-6-4-5-7-19(18)30-15)12-20(26)23-24-21(27)16-10-14(22)8-9-17(16)28-2/h4-10,15H,3,11-13H2,1-2H3,(H,23,26)(H,24,27)/t15-/m0/s1. The number of halogens is 1. The van der Waals surface area contributed by atoms with Gasteiger partial charge in [-0.3, -0.25) is 25.3 Å². The van der Waals surface area contributed by atoms with Crippen LogP contribution in [0.25, 0.3) is 0 Å². The molecule has 0 saturated heterocycles. The number of nitrogens with one attached hydrogen (secondary N) is 2.